The van der Waals surface area contributed by atoms with Gasteiger partial charge in [0.25, 0.3) is 5.56 Å². The molecule has 0 radical (unpaired) electrons. The second-order valence-electron chi connectivity index (χ2n) is 3.68. The number of hydrogen-bond acceptors (Lipinski definition) is 2. The highest BCUT2D eigenvalue weighted by atomic mass is 16.1. The van der Waals surface area contributed by atoms with Crippen LogP contribution in [0.4, 0.5) is 0 Å². The first-order valence-electron chi connectivity index (χ1n) is 5.43. The van der Waals surface area contributed by atoms with Crippen molar-refractivity contribution in [2.24, 2.45) is 4.99 Å². The zero-order valence-electron chi connectivity index (χ0n) is 9.23. The molecule has 3 heteroatoms. The Balaban J connectivity index is 2.46. The highest BCUT2D eigenvalue weighted by Crippen LogP contribution is 2.08. The Hall–Kier alpha value is -1.90. The summed E-state index contributed by atoms with van der Waals surface area (Å²) >= 11 is 0. The summed E-state index contributed by atoms with van der Waals surface area (Å²) in [6.07, 6.45) is 2.64. The molecule has 0 saturated carbocycles. The number of aromatic amines is 1. The van der Waals surface area contributed by atoms with Gasteiger partial charge in [0.2, 0.25) is 0 Å². The van der Waals surface area contributed by atoms with Crippen molar-refractivity contribution in [1.29, 1.82) is 0 Å². The Bertz CT molecular complexity index is 569. The topological polar surface area (TPSA) is 45.2 Å². The van der Waals surface area contributed by atoms with Crippen molar-refractivity contribution in [2.75, 3.05) is 6.54 Å². The first-order chi connectivity index (χ1) is 7.81. The summed E-state index contributed by atoms with van der Waals surface area (Å²) in [4.78, 5) is 18.7. The summed E-state index contributed by atoms with van der Waals surface area (Å²) in [6, 6.07) is 9.59. The number of para-hydroxylation sites is 1. The third-order valence-corrected chi connectivity index (χ3v) is 2.37. The minimum Gasteiger partial charge on any atom is -0.321 e. The molecule has 0 spiro atoms. The third-order valence-electron chi connectivity index (χ3n) is 2.37. The molecule has 0 fully saturated rings. The normalized spacial score (nSPS) is 11.3. The van der Waals surface area contributed by atoms with Crippen molar-refractivity contribution >= 4 is 17.1 Å². The molecule has 16 heavy (non-hydrogen) atoms. The van der Waals surface area contributed by atoms with Gasteiger partial charge in [0.15, 0.2) is 0 Å². The van der Waals surface area contributed by atoms with E-state index in [9.17, 15) is 4.79 Å². The number of pyridine rings is 1. The largest absolute Gasteiger partial charge is 0.321 e. The molecule has 0 aliphatic carbocycles. The Morgan fingerprint density at radius 1 is 1.38 bits per heavy atom. The maximum absolute atomic E-state index is 11.7. The van der Waals surface area contributed by atoms with Gasteiger partial charge < -0.3 is 4.98 Å². The van der Waals surface area contributed by atoms with Crippen LogP contribution in [0.1, 0.15) is 18.9 Å². The lowest BCUT2D eigenvalue weighted by Crippen LogP contribution is -2.11. The molecule has 2 rings (SSSR count). The number of hydrogen-bond donors (Lipinski definition) is 1. The highest BCUT2D eigenvalue weighted by Gasteiger charge is 1.99. The molecule has 1 heterocycles. The molecule has 0 bridgehead atoms. The summed E-state index contributed by atoms with van der Waals surface area (Å²) in [6.45, 7) is 2.81. The molecule has 1 aromatic carbocycles. The van der Waals surface area contributed by atoms with E-state index in [-0.39, 0.29) is 5.56 Å². The maximum atomic E-state index is 11.7. The van der Waals surface area contributed by atoms with Gasteiger partial charge in [-0.3, -0.25) is 9.79 Å². The van der Waals surface area contributed by atoms with Crippen molar-refractivity contribution in [3.63, 3.8) is 0 Å². The molecule has 3 nitrogen and oxygen atoms in total. The summed E-state index contributed by atoms with van der Waals surface area (Å²) in [5.74, 6) is 0. The first kappa shape index (κ1) is 10.6. The number of fused-ring (bicyclic) bond motifs is 1. The second kappa shape index (κ2) is 4.75. The quantitative estimate of drug-likeness (QED) is 0.783. The molecule has 0 aliphatic heterocycles. The Morgan fingerprint density at radius 2 is 2.19 bits per heavy atom. The van der Waals surface area contributed by atoms with Gasteiger partial charge in [-0.1, -0.05) is 25.1 Å². The number of nitrogens with one attached hydrogen (secondary N) is 1. The van der Waals surface area contributed by atoms with Crippen LogP contribution in [0.3, 0.4) is 0 Å². The number of H-pyrrole nitrogens is 1. The molecule has 1 aromatic heterocycles. The van der Waals surface area contributed by atoms with Crippen LogP contribution in [0.15, 0.2) is 40.1 Å². The number of benzene rings is 1. The summed E-state index contributed by atoms with van der Waals surface area (Å²) in [5, 5.41) is 1.03. The summed E-state index contributed by atoms with van der Waals surface area (Å²) in [5.41, 5.74) is 1.39. The number of aromatic nitrogens is 1. The van der Waals surface area contributed by atoms with Crippen LogP contribution in [0, 0.1) is 0 Å². The minimum absolute atomic E-state index is 0.0847. The molecule has 82 valence electrons. The molecule has 0 aliphatic rings. The van der Waals surface area contributed by atoms with E-state index in [4.69, 9.17) is 0 Å². The SMILES string of the molecule is CCCN=Cc1cc2ccccc2[nH]c1=O. The third kappa shape index (κ3) is 2.19. The van der Waals surface area contributed by atoms with E-state index in [2.05, 4.69) is 16.9 Å². The lowest BCUT2D eigenvalue weighted by molar-refractivity contribution is 0.936. The van der Waals surface area contributed by atoms with Crippen LogP contribution < -0.4 is 5.56 Å². The van der Waals surface area contributed by atoms with Crippen LogP contribution in [-0.4, -0.2) is 17.7 Å². The Kier molecular flexibility index (Phi) is 3.15. The van der Waals surface area contributed by atoms with E-state index in [1.807, 2.05) is 30.3 Å². The minimum atomic E-state index is -0.0847. The Labute approximate surface area is 93.8 Å². The maximum Gasteiger partial charge on any atom is 0.257 e. The van der Waals surface area contributed by atoms with E-state index < -0.39 is 0 Å². The van der Waals surface area contributed by atoms with E-state index in [0.717, 1.165) is 23.9 Å². The van der Waals surface area contributed by atoms with Gasteiger partial charge in [-0.2, -0.15) is 0 Å². The number of rotatable bonds is 3. The van der Waals surface area contributed by atoms with Crippen molar-refractivity contribution in [2.45, 2.75) is 13.3 Å². The highest BCUT2D eigenvalue weighted by molar-refractivity contribution is 5.87. The molecular weight excluding hydrogens is 200 g/mol. The van der Waals surface area contributed by atoms with Gasteiger partial charge in [-0.15, -0.1) is 0 Å². The molecular formula is C13H14N2O. The van der Waals surface area contributed by atoms with Crippen molar-refractivity contribution < 1.29 is 0 Å². The zero-order chi connectivity index (χ0) is 11.4. The molecule has 2 aromatic rings. The summed E-state index contributed by atoms with van der Waals surface area (Å²) < 4.78 is 0. The van der Waals surface area contributed by atoms with E-state index in [1.165, 1.54) is 0 Å². The van der Waals surface area contributed by atoms with Crippen LogP contribution in [0.2, 0.25) is 0 Å². The van der Waals surface area contributed by atoms with Crippen LogP contribution in [0.25, 0.3) is 10.9 Å². The van der Waals surface area contributed by atoms with E-state index >= 15 is 0 Å². The predicted octanol–water partition coefficient (Wildman–Crippen LogP) is 2.36. The van der Waals surface area contributed by atoms with E-state index in [1.54, 1.807) is 6.21 Å². The Morgan fingerprint density at radius 3 is 3.00 bits per heavy atom. The fraction of sp³-hybridized carbons (Fsp3) is 0.231. The smallest absolute Gasteiger partial charge is 0.257 e. The van der Waals surface area contributed by atoms with Crippen molar-refractivity contribution in [3.8, 4) is 0 Å². The van der Waals surface area contributed by atoms with Crippen LogP contribution in [-0.2, 0) is 0 Å². The fourth-order valence-electron chi connectivity index (χ4n) is 1.55. The van der Waals surface area contributed by atoms with Gasteiger partial charge >= 0.3 is 0 Å². The van der Waals surface area contributed by atoms with Gasteiger partial charge in [0.1, 0.15) is 0 Å². The van der Waals surface area contributed by atoms with Crippen molar-refractivity contribution in [1.82, 2.24) is 4.98 Å². The average molecular weight is 214 g/mol. The lowest BCUT2D eigenvalue weighted by Gasteiger charge is -1.98. The molecule has 0 saturated heterocycles. The first-order valence-corrected chi connectivity index (χ1v) is 5.43. The predicted molar refractivity (Wildman–Crippen MR) is 67.3 cm³/mol. The molecule has 1 N–H and O–H groups in total. The second-order valence-corrected chi connectivity index (χ2v) is 3.68. The van der Waals surface area contributed by atoms with Gasteiger partial charge in [-0.05, 0) is 23.9 Å². The molecule has 0 atom stereocenters. The molecule has 0 amide bonds. The van der Waals surface area contributed by atoms with Gasteiger partial charge in [-0.25, -0.2) is 0 Å². The van der Waals surface area contributed by atoms with Crippen LogP contribution in [0.5, 0.6) is 0 Å². The summed E-state index contributed by atoms with van der Waals surface area (Å²) in [7, 11) is 0. The van der Waals surface area contributed by atoms with Crippen molar-refractivity contribution in [3.05, 3.63) is 46.2 Å². The standard InChI is InChI=1S/C13H14N2O/c1-2-7-14-9-11-8-10-5-3-4-6-12(10)15-13(11)16/h3-6,8-9H,2,7H2,1H3,(H,15,16). The average Bonchev–Trinajstić information content (AvgIpc) is 2.30. The zero-order valence-corrected chi connectivity index (χ0v) is 9.23. The van der Waals surface area contributed by atoms with Gasteiger partial charge in [0.05, 0.1) is 5.56 Å². The van der Waals surface area contributed by atoms with Crippen LogP contribution >= 0.6 is 0 Å². The number of aliphatic imine (C=N–C) groups is 1. The monoisotopic (exact) mass is 214 g/mol. The lowest BCUT2D eigenvalue weighted by atomic mass is 10.2. The fourth-order valence-corrected chi connectivity index (χ4v) is 1.55. The van der Waals surface area contributed by atoms with E-state index in [0.29, 0.717) is 5.56 Å². The number of nitrogens with zero attached hydrogens (tertiary/aromatic N) is 1. The van der Waals surface area contributed by atoms with Gasteiger partial charge in [0, 0.05) is 18.3 Å². The molecule has 0 unspecified atom stereocenters.